The van der Waals surface area contributed by atoms with E-state index in [0.717, 1.165) is 11.3 Å². The number of aryl methyl sites for hydroxylation is 1. The number of halogens is 1. The van der Waals surface area contributed by atoms with Crippen LogP contribution in [0.3, 0.4) is 0 Å². The lowest BCUT2D eigenvalue weighted by Gasteiger charge is -2.08. The number of nitrogens with one attached hydrogen (secondary N) is 1. The second-order valence-corrected chi connectivity index (χ2v) is 4.84. The maximum absolute atomic E-state index is 5.86. The lowest BCUT2D eigenvalue weighted by Crippen LogP contribution is -2.11. The average Bonchev–Trinajstić information content (AvgIpc) is 2.46. The smallest absolute Gasteiger partial charge is 0.134 e. The Morgan fingerprint density at radius 3 is 2.86 bits per heavy atom. The molecule has 0 aliphatic heterocycles. The van der Waals surface area contributed by atoms with Crippen molar-refractivity contribution in [3.63, 3.8) is 0 Å². The Kier molecular flexibility index (Phi) is 5.78. The van der Waals surface area contributed by atoms with Crippen LogP contribution in [0.1, 0.15) is 11.4 Å². The van der Waals surface area contributed by atoms with Crippen LogP contribution in [0.4, 0.5) is 5.82 Å². The molecule has 112 valence electrons. The number of rotatable bonds is 7. The van der Waals surface area contributed by atoms with Gasteiger partial charge in [-0.3, -0.25) is 0 Å². The molecule has 0 aliphatic rings. The molecule has 0 saturated carbocycles. The molecule has 1 aromatic carbocycles. The summed E-state index contributed by atoms with van der Waals surface area (Å²) in [6.45, 7) is 3.56. The predicted octanol–water partition coefficient (Wildman–Crippen LogP) is 3.08. The van der Waals surface area contributed by atoms with E-state index < -0.39 is 0 Å². The molecule has 0 spiro atoms. The second-order valence-electron chi connectivity index (χ2n) is 4.45. The minimum absolute atomic E-state index is 0.433. The summed E-state index contributed by atoms with van der Waals surface area (Å²) in [6, 6.07) is 9.51. The standard InChI is InChI=1S/C15H18ClN3O2/c1-11-18-14(16)9-15(19-11)17-6-7-21-10-12-4-3-5-13(8-12)20-2/h3-5,8-9H,6-7,10H2,1-2H3,(H,17,18,19). The normalized spacial score (nSPS) is 10.4. The lowest BCUT2D eigenvalue weighted by molar-refractivity contribution is 0.130. The maximum Gasteiger partial charge on any atom is 0.134 e. The summed E-state index contributed by atoms with van der Waals surface area (Å²) in [5, 5.41) is 3.58. The van der Waals surface area contributed by atoms with Crippen LogP contribution < -0.4 is 10.1 Å². The van der Waals surface area contributed by atoms with Gasteiger partial charge in [-0.25, -0.2) is 9.97 Å². The maximum atomic E-state index is 5.86. The number of aromatic nitrogens is 2. The van der Waals surface area contributed by atoms with Crippen molar-refractivity contribution < 1.29 is 9.47 Å². The first-order valence-electron chi connectivity index (χ1n) is 6.63. The topological polar surface area (TPSA) is 56.3 Å². The van der Waals surface area contributed by atoms with Crippen LogP contribution >= 0.6 is 11.6 Å². The van der Waals surface area contributed by atoms with Gasteiger partial charge in [-0.2, -0.15) is 0 Å². The van der Waals surface area contributed by atoms with E-state index in [9.17, 15) is 0 Å². The van der Waals surface area contributed by atoms with Crippen LogP contribution in [0.2, 0.25) is 5.15 Å². The number of methoxy groups -OCH3 is 1. The van der Waals surface area contributed by atoms with E-state index in [1.54, 1.807) is 20.1 Å². The number of anilines is 1. The highest BCUT2D eigenvalue weighted by Gasteiger charge is 2.00. The zero-order chi connectivity index (χ0) is 15.1. The third-order valence-electron chi connectivity index (χ3n) is 2.76. The molecule has 0 unspecified atom stereocenters. The summed E-state index contributed by atoms with van der Waals surface area (Å²) in [5.74, 6) is 2.18. The van der Waals surface area contributed by atoms with Crippen molar-refractivity contribution in [1.29, 1.82) is 0 Å². The third kappa shape index (κ3) is 5.21. The van der Waals surface area contributed by atoms with Crippen LogP contribution in [-0.4, -0.2) is 30.2 Å². The van der Waals surface area contributed by atoms with Crippen molar-refractivity contribution in [2.45, 2.75) is 13.5 Å². The van der Waals surface area contributed by atoms with Gasteiger partial charge in [0.2, 0.25) is 0 Å². The van der Waals surface area contributed by atoms with Gasteiger partial charge in [0.15, 0.2) is 0 Å². The highest BCUT2D eigenvalue weighted by Crippen LogP contribution is 2.13. The third-order valence-corrected chi connectivity index (χ3v) is 2.96. The molecule has 0 saturated heterocycles. The first-order valence-corrected chi connectivity index (χ1v) is 7.01. The summed E-state index contributed by atoms with van der Waals surface area (Å²) in [7, 11) is 1.65. The summed E-state index contributed by atoms with van der Waals surface area (Å²) in [4.78, 5) is 8.24. The first kappa shape index (κ1) is 15.5. The molecular weight excluding hydrogens is 290 g/mol. The van der Waals surface area contributed by atoms with Crippen molar-refractivity contribution in [3.8, 4) is 5.75 Å². The van der Waals surface area contributed by atoms with Crippen LogP contribution in [-0.2, 0) is 11.3 Å². The number of benzene rings is 1. The molecular formula is C15H18ClN3O2. The van der Waals surface area contributed by atoms with Gasteiger partial charge in [-0.15, -0.1) is 0 Å². The molecule has 0 bridgehead atoms. The molecule has 1 heterocycles. The quantitative estimate of drug-likeness (QED) is 0.629. The lowest BCUT2D eigenvalue weighted by atomic mass is 10.2. The van der Waals surface area contributed by atoms with E-state index >= 15 is 0 Å². The minimum Gasteiger partial charge on any atom is -0.497 e. The van der Waals surface area contributed by atoms with Crippen molar-refractivity contribution in [2.24, 2.45) is 0 Å². The Morgan fingerprint density at radius 2 is 2.10 bits per heavy atom. The predicted molar refractivity (Wildman–Crippen MR) is 82.9 cm³/mol. The van der Waals surface area contributed by atoms with Crippen LogP contribution in [0.25, 0.3) is 0 Å². The van der Waals surface area contributed by atoms with Crippen LogP contribution in [0.5, 0.6) is 5.75 Å². The number of hydrogen-bond donors (Lipinski definition) is 1. The van der Waals surface area contributed by atoms with E-state index in [1.807, 2.05) is 24.3 Å². The fourth-order valence-corrected chi connectivity index (χ4v) is 2.05. The molecule has 0 amide bonds. The van der Waals surface area contributed by atoms with E-state index in [-0.39, 0.29) is 0 Å². The van der Waals surface area contributed by atoms with E-state index in [0.29, 0.717) is 36.6 Å². The molecule has 1 aromatic heterocycles. The highest BCUT2D eigenvalue weighted by atomic mass is 35.5. The van der Waals surface area contributed by atoms with Gasteiger partial charge in [-0.05, 0) is 24.6 Å². The Morgan fingerprint density at radius 1 is 1.24 bits per heavy atom. The number of hydrogen-bond acceptors (Lipinski definition) is 5. The summed E-state index contributed by atoms with van der Waals surface area (Å²) >= 11 is 5.86. The molecule has 0 fully saturated rings. The molecule has 1 N–H and O–H groups in total. The van der Waals surface area contributed by atoms with Gasteiger partial charge >= 0.3 is 0 Å². The van der Waals surface area contributed by atoms with Crippen molar-refractivity contribution in [3.05, 3.63) is 46.9 Å². The number of ether oxygens (including phenoxy) is 2. The van der Waals surface area contributed by atoms with Crippen molar-refractivity contribution >= 4 is 17.4 Å². The molecule has 0 atom stereocenters. The Hall–Kier alpha value is -1.85. The summed E-state index contributed by atoms with van der Waals surface area (Å²) in [5.41, 5.74) is 1.08. The van der Waals surface area contributed by atoms with E-state index in [4.69, 9.17) is 21.1 Å². The fourth-order valence-electron chi connectivity index (χ4n) is 1.83. The Balaban J connectivity index is 1.72. The monoisotopic (exact) mass is 307 g/mol. The van der Waals surface area contributed by atoms with E-state index in [1.165, 1.54) is 0 Å². The summed E-state index contributed by atoms with van der Waals surface area (Å²) < 4.78 is 10.8. The summed E-state index contributed by atoms with van der Waals surface area (Å²) in [6.07, 6.45) is 0. The Labute approximate surface area is 129 Å². The van der Waals surface area contributed by atoms with Gasteiger partial charge in [0.1, 0.15) is 22.5 Å². The molecule has 0 aliphatic carbocycles. The molecule has 21 heavy (non-hydrogen) atoms. The van der Waals surface area contributed by atoms with Crippen LogP contribution in [0.15, 0.2) is 30.3 Å². The minimum atomic E-state index is 0.433. The Bertz CT molecular complexity index is 573. The molecule has 5 nitrogen and oxygen atoms in total. The van der Waals surface area contributed by atoms with Gasteiger partial charge in [0.05, 0.1) is 20.3 Å². The molecule has 2 rings (SSSR count). The second kappa shape index (κ2) is 7.81. The van der Waals surface area contributed by atoms with Gasteiger partial charge in [0, 0.05) is 12.6 Å². The zero-order valence-electron chi connectivity index (χ0n) is 12.1. The number of nitrogens with zero attached hydrogens (tertiary/aromatic N) is 2. The molecule has 2 aromatic rings. The molecule has 6 heteroatoms. The van der Waals surface area contributed by atoms with Gasteiger partial charge in [-0.1, -0.05) is 23.7 Å². The first-order chi connectivity index (χ1) is 10.2. The highest BCUT2D eigenvalue weighted by molar-refractivity contribution is 6.29. The zero-order valence-corrected chi connectivity index (χ0v) is 12.9. The van der Waals surface area contributed by atoms with Crippen LogP contribution in [0, 0.1) is 6.92 Å². The molecule has 0 radical (unpaired) electrons. The largest absolute Gasteiger partial charge is 0.497 e. The SMILES string of the molecule is COc1cccc(COCCNc2cc(Cl)nc(C)n2)c1. The van der Waals surface area contributed by atoms with Gasteiger partial charge < -0.3 is 14.8 Å². The van der Waals surface area contributed by atoms with Crippen molar-refractivity contribution in [2.75, 3.05) is 25.6 Å². The van der Waals surface area contributed by atoms with Crippen molar-refractivity contribution in [1.82, 2.24) is 9.97 Å². The van der Waals surface area contributed by atoms with Gasteiger partial charge in [0.25, 0.3) is 0 Å². The fraction of sp³-hybridized carbons (Fsp3) is 0.333. The average molecular weight is 308 g/mol. The van der Waals surface area contributed by atoms with E-state index in [2.05, 4.69) is 15.3 Å².